The number of rotatable bonds is 6. The first-order valence-corrected chi connectivity index (χ1v) is 7.47. The monoisotopic (exact) mass is 327 g/mol. The number of nitrogens with zero attached hydrogens (tertiary/aromatic N) is 1. The van der Waals surface area contributed by atoms with Crippen molar-refractivity contribution in [1.29, 1.82) is 0 Å². The molecule has 0 aliphatic carbocycles. The Hall–Kier alpha value is -3.02. The first kappa shape index (κ1) is 15.9. The van der Waals surface area contributed by atoms with Crippen LogP contribution in [-0.2, 0) is 16.1 Å². The molecule has 0 N–H and O–H groups in total. The molecule has 0 unspecified atom stereocenters. The standard InChI is InChI=1S/C18H17NO5/c1-12-5-6-15(8-13(12)2)22-11-18(20)23-10-14-9-17(24-19-14)16-4-3-7-21-16/h3-9H,10-11H2,1-2H3. The molecular formula is C18H17NO5. The lowest BCUT2D eigenvalue weighted by Crippen LogP contribution is -2.14. The number of aromatic nitrogens is 1. The summed E-state index contributed by atoms with van der Waals surface area (Å²) in [6, 6.07) is 10.8. The van der Waals surface area contributed by atoms with Crippen molar-refractivity contribution >= 4 is 5.97 Å². The van der Waals surface area contributed by atoms with Gasteiger partial charge in [-0.05, 0) is 49.2 Å². The van der Waals surface area contributed by atoms with Gasteiger partial charge in [-0.15, -0.1) is 0 Å². The van der Waals surface area contributed by atoms with E-state index < -0.39 is 5.97 Å². The Balaban J connectivity index is 1.48. The van der Waals surface area contributed by atoms with Crippen LogP contribution in [-0.4, -0.2) is 17.7 Å². The third kappa shape index (κ3) is 3.84. The Morgan fingerprint density at radius 1 is 1.12 bits per heavy atom. The molecule has 0 bridgehead atoms. The van der Waals surface area contributed by atoms with Crippen molar-refractivity contribution in [2.75, 3.05) is 6.61 Å². The maximum atomic E-state index is 11.8. The number of esters is 1. The summed E-state index contributed by atoms with van der Waals surface area (Å²) in [4.78, 5) is 11.8. The fourth-order valence-corrected chi connectivity index (χ4v) is 2.06. The normalized spacial score (nSPS) is 10.6. The lowest BCUT2D eigenvalue weighted by Gasteiger charge is -2.07. The van der Waals surface area contributed by atoms with Crippen LogP contribution >= 0.6 is 0 Å². The Morgan fingerprint density at radius 3 is 2.75 bits per heavy atom. The van der Waals surface area contributed by atoms with Crippen LogP contribution in [0.15, 0.2) is 51.6 Å². The Kier molecular flexibility index (Phi) is 4.65. The van der Waals surface area contributed by atoms with Crippen LogP contribution in [0.2, 0.25) is 0 Å². The molecule has 3 rings (SSSR count). The van der Waals surface area contributed by atoms with E-state index in [1.54, 1.807) is 24.5 Å². The van der Waals surface area contributed by atoms with Gasteiger partial charge in [0.1, 0.15) is 18.1 Å². The first-order valence-electron chi connectivity index (χ1n) is 7.47. The third-order valence-corrected chi connectivity index (χ3v) is 3.54. The molecule has 1 aromatic carbocycles. The number of benzene rings is 1. The van der Waals surface area contributed by atoms with Gasteiger partial charge in [-0.3, -0.25) is 0 Å². The molecule has 0 aliphatic rings. The molecule has 6 heteroatoms. The maximum absolute atomic E-state index is 11.8. The highest BCUT2D eigenvalue weighted by molar-refractivity contribution is 5.71. The van der Waals surface area contributed by atoms with Gasteiger partial charge in [0.15, 0.2) is 12.4 Å². The average molecular weight is 327 g/mol. The zero-order chi connectivity index (χ0) is 16.9. The molecular weight excluding hydrogens is 310 g/mol. The zero-order valence-corrected chi connectivity index (χ0v) is 13.4. The largest absolute Gasteiger partial charge is 0.482 e. The summed E-state index contributed by atoms with van der Waals surface area (Å²) in [5.74, 6) is 1.21. The van der Waals surface area contributed by atoms with Gasteiger partial charge in [0, 0.05) is 6.07 Å². The second-order valence-electron chi connectivity index (χ2n) is 5.36. The van der Waals surface area contributed by atoms with Gasteiger partial charge < -0.3 is 18.4 Å². The van der Waals surface area contributed by atoms with Crippen LogP contribution in [0.3, 0.4) is 0 Å². The van der Waals surface area contributed by atoms with E-state index in [-0.39, 0.29) is 13.2 Å². The minimum absolute atomic E-state index is 0.0132. The van der Waals surface area contributed by atoms with E-state index in [0.717, 1.165) is 5.56 Å². The van der Waals surface area contributed by atoms with Crippen molar-refractivity contribution in [2.24, 2.45) is 0 Å². The summed E-state index contributed by atoms with van der Waals surface area (Å²) in [6.45, 7) is 3.86. The van der Waals surface area contributed by atoms with Crippen LogP contribution in [0.1, 0.15) is 16.8 Å². The van der Waals surface area contributed by atoms with Gasteiger partial charge in [0.05, 0.1) is 6.26 Å². The molecule has 0 spiro atoms. The second kappa shape index (κ2) is 7.04. The van der Waals surface area contributed by atoms with Gasteiger partial charge >= 0.3 is 5.97 Å². The van der Waals surface area contributed by atoms with Crippen LogP contribution < -0.4 is 4.74 Å². The fraction of sp³-hybridized carbons (Fsp3) is 0.222. The molecule has 0 amide bonds. The molecule has 0 fully saturated rings. The van der Waals surface area contributed by atoms with E-state index in [1.807, 2.05) is 32.0 Å². The zero-order valence-electron chi connectivity index (χ0n) is 13.4. The minimum Gasteiger partial charge on any atom is -0.482 e. The van der Waals surface area contributed by atoms with Crippen molar-refractivity contribution < 1.29 is 23.2 Å². The highest BCUT2D eigenvalue weighted by Gasteiger charge is 2.11. The number of carbonyl (C=O) groups excluding carboxylic acids is 1. The number of ether oxygens (including phenoxy) is 2. The SMILES string of the molecule is Cc1ccc(OCC(=O)OCc2cc(-c3ccco3)on2)cc1C. The van der Waals surface area contributed by atoms with Gasteiger partial charge in [-0.25, -0.2) is 4.79 Å². The van der Waals surface area contributed by atoms with Crippen LogP contribution in [0.4, 0.5) is 0 Å². The number of furan rings is 1. The summed E-state index contributed by atoms with van der Waals surface area (Å²) >= 11 is 0. The molecule has 6 nitrogen and oxygen atoms in total. The van der Waals surface area contributed by atoms with Crippen LogP contribution in [0.5, 0.6) is 5.75 Å². The lowest BCUT2D eigenvalue weighted by atomic mass is 10.1. The molecule has 0 aliphatic heterocycles. The fourth-order valence-electron chi connectivity index (χ4n) is 2.06. The van der Waals surface area contributed by atoms with Crippen molar-refractivity contribution in [1.82, 2.24) is 5.16 Å². The van der Waals surface area contributed by atoms with E-state index in [1.165, 1.54) is 5.56 Å². The predicted octanol–water partition coefficient (Wildman–Crippen LogP) is 3.67. The first-order chi connectivity index (χ1) is 11.6. The number of carbonyl (C=O) groups is 1. The van der Waals surface area contributed by atoms with E-state index >= 15 is 0 Å². The third-order valence-electron chi connectivity index (χ3n) is 3.54. The second-order valence-corrected chi connectivity index (χ2v) is 5.36. The van der Waals surface area contributed by atoms with Gasteiger partial charge in [0.25, 0.3) is 0 Å². The molecule has 0 saturated carbocycles. The van der Waals surface area contributed by atoms with Crippen molar-refractivity contribution in [2.45, 2.75) is 20.5 Å². The lowest BCUT2D eigenvalue weighted by molar-refractivity contribution is -0.147. The van der Waals surface area contributed by atoms with Gasteiger partial charge in [-0.1, -0.05) is 11.2 Å². The average Bonchev–Trinajstić information content (AvgIpc) is 3.25. The van der Waals surface area contributed by atoms with E-state index in [2.05, 4.69) is 5.16 Å². The molecule has 0 saturated heterocycles. The summed E-state index contributed by atoms with van der Waals surface area (Å²) in [7, 11) is 0. The molecule has 124 valence electrons. The Bertz CT molecular complexity index is 820. The minimum atomic E-state index is -0.476. The van der Waals surface area contributed by atoms with Gasteiger partial charge in [0.2, 0.25) is 5.76 Å². The highest BCUT2D eigenvalue weighted by atomic mass is 16.6. The van der Waals surface area contributed by atoms with Crippen LogP contribution in [0.25, 0.3) is 11.5 Å². The topological polar surface area (TPSA) is 74.7 Å². The van der Waals surface area contributed by atoms with Crippen LogP contribution in [0, 0.1) is 13.8 Å². The predicted molar refractivity (Wildman–Crippen MR) is 85.4 cm³/mol. The summed E-state index contributed by atoms with van der Waals surface area (Å²) in [6.07, 6.45) is 1.54. The molecule has 0 atom stereocenters. The molecule has 2 aromatic heterocycles. The maximum Gasteiger partial charge on any atom is 0.344 e. The summed E-state index contributed by atoms with van der Waals surface area (Å²) in [5, 5.41) is 3.83. The van der Waals surface area contributed by atoms with E-state index in [0.29, 0.717) is 23.0 Å². The number of aryl methyl sites for hydroxylation is 2. The molecule has 24 heavy (non-hydrogen) atoms. The molecule has 3 aromatic rings. The van der Waals surface area contributed by atoms with Crippen molar-refractivity contribution in [3.05, 3.63) is 59.5 Å². The van der Waals surface area contributed by atoms with Gasteiger partial charge in [-0.2, -0.15) is 0 Å². The summed E-state index contributed by atoms with van der Waals surface area (Å²) in [5.41, 5.74) is 2.78. The Morgan fingerprint density at radius 2 is 2.00 bits per heavy atom. The molecule has 0 radical (unpaired) electrons. The smallest absolute Gasteiger partial charge is 0.344 e. The van der Waals surface area contributed by atoms with E-state index in [4.69, 9.17) is 18.4 Å². The number of hydrogen-bond donors (Lipinski definition) is 0. The quantitative estimate of drug-likeness (QED) is 0.643. The van der Waals surface area contributed by atoms with E-state index in [9.17, 15) is 4.79 Å². The highest BCUT2D eigenvalue weighted by Crippen LogP contribution is 2.21. The summed E-state index contributed by atoms with van der Waals surface area (Å²) < 4.78 is 20.9. The van der Waals surface area contributed by atoms with Crippen molar-refractivity contribution in [3.8, 4) is 17.3 Å². The molecule has 2 heterocycles. The number of hydrogen-bond acceptors (Lipinski definition) is 6. The Labute approximate surface area is 139 Å². The van der Waals surface area contributed by atoms with Crippen molar-refractivity contribution in [3.63, 3.8) is 0 Å².